The van der Waals surface area contributed by atoms with Gasteiger partial charge in [-0.3, -0.25) is 9.59 Å². The van der Waals surface area contributed by atoms with Crippen molar-refractivity contribution in [2.45, 2.75) is 62.5 Å². The van der Waals surface area contributed by atoms with E-state index in [1.165, 1.54) is 6.92 Å². The molecule has 2 fully saturated rings. The molecule has 0 radical (unpaired) electrons. The molecule has 1 heterocycles. The maximum Gasteiger partial charge on any atom is 0.253 e. The molecule has 1 aromatic rings. The summed E-state index contributed by atoms with van der Waals surface area (Å²) in [4.78, 5) is 26.5. The van der Waals surface area contributed by atoms with E-state index in [4.69, 9.17) is 0 Å². The second-order valence-corrected chi connectivity index (χ2v) is 9.96. The Bertz CT molecular complexity index is 777. The van der Waals surface area contributed by atoms with Gasteiger partial charge in [-0.15, -0.1) is 0 Å². The van der Waals surface area contributed by atoms with Crippen LogP contribution >= 0.6 is 0 Å². The third-order valence-corrected chi connectivity index (χ3v) is 7.60. The first kappa shape index (κ1) is 19.9. The third kappa shape index (κ3) is 4.89. The monoisotopic (exact) mass is 392 g/mol. The first-order valence-electron chi connectivity index (χ1n) is 9.77. The number of sulfone groups is 1. The van der Waals surface area contributed by atoms with Crippen molar-refractivity contribution in [1.82, 2.24) is 10.2 Å². The quantitative estimate of drug-likeness (QED) is 0.805. The van der Waals surface area contributed by atoms with Crippen molar-refractivity contribution in [2.24, 2.45) is 0 Å². The first-order chi connectivity index (χ1) is 12.9. The number of hydrogen-bond donors (Lipinski definition) is 1. The Morgan fingerprint density at radius 2 is 1.67 bits per heavy atom. The third-order valence-electron chi connectivity index (χ3n) is 5.57. The van der Waals surface area contributed by atoms with Crippen LogP contribution in [0.2, 0.25) is 0 Å². The fourth-order valence-electron chi connectivity index (χ4n) is 3.76. The van der Waals surface area contributed by atoms with Crippen molar-refractivity contribution < 1.29 is 18.0 Å². The van der Waals surface area contributed by atoms with Gasteiger partial charge in [0.1, 0.15) is 5.25 Å². The minimum atomic E-state index is -3.61. The average molecular weight is 393 g/mol. The van der Waals surface area contributed by atoms with Crippen molar-refractivity contribution in [3.8, 4) is 0 Å². The highest BCUT2D eigenvalue weighted by Gasteiger charge is 2.30. The average Bonchev–Trinajstić information content (AvgIpc) is 3.34. The Labute approximate surface area is 161 Å². The Morgan fingerprint density at radius 3 is 2.26 bits per heavy atom. The van der Waals surface area contributed by atoms with E-state index >= 15 is 0 Å². The number of benzene rings is 1. The van der Waals surface area contributed by atoms with Crippen LogP contribution in [-0.4, -0.2) is 49.5 Å². The summed E-state index contributed by atoms with van der Waals surface area (Å²) in [6.07, 6.45) is 6.06. The van der Waals surface area contributed by atoms with E-state index in [9.17, 15) is 18.0 Å². The van der Waals surface area contributed by atoms with Gasteiger partial charge in [-0.05, 0) is 50.3 Å². The van der Waals surface area contributed by atoms with Crippen LogP contribution in [0.4, 0.5) is 0 Å². The summed E-state index contributed by atoms with van der Waals surface area (Å²) in [6, 6.07) is 6.79. The maximum atomic E-state index is 12.6. The van der Waals surface area contributed by atoms with E-state index in [-0.39, 0.29) is 17.7 Å². The van der Waals surface area contributed by atoms with Crippen molar-refractivity contribution in [2.75, 3.05) is 13.1 Å². The molecule has 1 aliphatic heterocycles. The fraction of sp³-hybridized carbons (Fsp3) is 0.600. The molecule has 1 saturated heterocycles. The number of rotatable bonds is 6. The SMILES string of the molecule is CC(C(=O)NC1CCCC1)S(=O)(=O)Cc1ccc(C(=O)N2CCCC2)cc1. The largest absolute Gasteiger partial charge is 0.352 e. The van der Waals surface area contributed by atoms with E-state index in [1.807, 2.05) is 4.90 Å². The van der Waals surface area contributed by atoms with Crippen LogP contribution in [0.15, 0.2) is 24.3 Å². The summed E-state index contributed by atoms with van der Waals surface area (Å²) >= 11 is 0. The van der Waals surface area contributed by atoms with Gasteiger partial charge >= 0.3 is 0 Å². The van der Waals surface area contributed by atoms with E-state index < -0.39 is 21.0 Å². The van der Waals surface area contributed by atoms with Crippen LogP contribution in [-0.2, 0) is 20.4 Å². The number of carbonyl (C=O) groups is 2. The number of amides is 2. The van der Waals surface area contributed by atoms with Gasteiger partial charge in [-0.1, -0.05) is 25.0 Å². The van der Waals surface area contributed by atoms with Gasteiger partial charge in [0.25, 0.3) is 5.91 Å². The van der Waals surface area contributed by atoms with Crippen LogP contribution in [0.1, 0.15) is 61.4 Å². The lowest BCUT2D eigenvalue weighted by Gasteiger charge is -2.17. The van der Waals surface area contributed by atoms with Gasteiger partial charge in [0.2, 0.25) is 5.91 Å². The van der Waals surface area contributed by atoms with Gasteiger partial charge in [-0.2, -0.15) is 0 Å². The summed E-state index contributed by atoms with van der Waals surface area (Å²) in [5.74, 6) is -0.626. The molecule has 0 spiro atoms. The smallest absolute Gasteiger partial charge is 0.253 e. The van der Waals surface area contributed by atoms with Crippen LogP contribution in [0.3, 0.4) is 0 Å². The molecule has 2 aliphatic rings. The van der Waals surface area contributed by atoms with E-state index in [1.54, 1.807) is 24.3 Å². The summed E-state index contributed by atoms with van der Waals surface area (Å²) < 4.78 is 25.2. The van der Waals surface area contributed by atoms with Gasteiger partial charge in [0, 0.05) is 24.7 Å². The van der Waals surface area contributed by atoms with E-state index in [0.717, 1.165) is 51.6 Å². The molecule has 1 atom stereocenters. The summed E-state index contributed by atoms with van der Waals surface area (Å²) in [7, 11) is -3.61. The standard InChI is InChI=1S/C20H28N2O4S/c1-15(19(23)21-18-6-2-3-7-18)27(25,26)14-16-8-10-17(11-9-16)20(24)22-12-4-5-13-22/h8-11,15,18H,2-7,12-14H2,1H3,(H,21,23). The number of likely N-dealkylation sites (tertiary alicyclic amines) is 1. The molecule has 148 valence electrons. The Morgan fingerprint density at radius 1 is 1.07 bits per heavy atom. The molecule has 0 bridgehead atoms. The lowest BCUT2D eigenvalue weighted by Crippen LogP contribution is -2.42. The highest BCUT2D eigenvalue weighted by Crippen LogP contribution is 2.19. The van der Waals surface area contributed by atoms with Crippen molar-refractivity contribution in [3.05, 3.63) is 35.4 Å². The molecule has 1 aliphatic carbocycles. The summed E-state index contributed by atoms with van der Waals surface area (Å²) in [5.41, 5.74) is 1.17. The molecular formula is C20H28N2O4S. The molecule has 1 saturated carbocycles. The molecule has 7 heteroatoms. The van der Waals surface area contributed by atoms with Gasteiger partial charge in [0.15, 0.2) is 9.84 Å². The Hall–Kier alpha value is -1.89. The number of nitrogens with zero attached hydrogens (tertiary/aromatic N) is 1. The molecule has 27 heavy (non-hydrogen) atoms. The van der Waals surface area contributed by atoms with E-state index in [2.05, 4.69) is 5.32 Å². The molecular weight excluding hydrogens is 364 g/mol. The summed E-state index contributed by atoms with van der Waals surface area (Å²) in [5, 5.41) is 1.78. The van der Waals surface area contributed by atoms with Gasteiger partial charge in [0.05, 0.1) is 5.75 Å². The number of carbonyl (C=O) groups excluding carboxylic acids is 2. The molecule has 1 aromatic carbocycles. The van der Waals surface area contributed by atoms with Crippen molar-refractivity contribution in [3.63, 3.8) is 0 Å². The highest BCUT2D eigenvalue weighted by molar-refractivity contribution is 7.92. The number of nitrogens with one attached hydrogen (secondary N) is 1. The molecule has 1 N–H and O–H groups in total. The second kappa shape index (κ2) is 8.42. The second-order valence-electron chi connectivity index (χ2n) is 7.64. The number of hydrogen-bond acceptors (Lipinski definition) is 4. The predicted octanol–water partition coefficient (Wildman–Crippen LogP) is 2.28. The highest BCUT2D eigenvalue weighted by atomic mass is 32.2. The molecule has 0 aromatic heterocycles. The molecule has 3 rings (SSSR count). The van der Waals surface area contributed by atoms with Crippen LogP contribution < -0.4 is 5.32 Å². The van der Waals surface area contributed by atoms with Crippen molar-refractivity contribution >= 4 is 21.7 Å². The minimum absolute atomic E-state index is 0.00813. The maximum absolute atomic E-state index is 12.6. The van der Waals surface area contributed by atoms with Gasteiger partial charge in [-0.25, -0.2) is 8.42 Å². The molecule has 6 nitrogen and oxygen atoms in total. The lowest BCUT2D eigenvalue weighted by atomic mass is 10.1. The van der Waals surface area contributed by atoms with Crippen LogP contribution in [0.25, 0.3) is 0 Å². The zero-order valence-electron chi connectivity index (χ0n) is 15.8. The van der Waals surface area contributed by atoms with Crippen LogP contribution in [0.5, 0.6) is 0 Å². The Kier molecular flexibility index (Phi) is 6.19. The Balaban J connectivity index is 1.60. The zero-order chi connectivity index (χ0) is 19.4. The van der Waals surface area contributed by atoms with Crippen molar-refractivity contribution in [1.29, 1.82) is 0 Å². The zero-order valence-corrected chi connectivity index (χ0v) is 16.6. The topological polar surface area (TPSA) is 83.5 Å². The first-order valence-corrected chi connectivity index (χ1v) is 11.5. The summed E-state index contributed by atoms with van der Waals surface area (Å²) in [6.45, 7) is 3.01. The van der Waals surface area contributed by atoms with Crippen LogP contribution in [0, 0.1) is 0 Å². The normalized spacial score (nSPS) is 19.2. The molecule has 2 amide bonds. The van der Waals surface area contributed by atoms with Gasteiger partial charge < -0.3 is 10.2 Å². The predicted molar refractivity (Wildman–Crippen MR) is 104 cm³/mol. The minimum Gasteiger partial charge on any atom is -0.352 e. The fourth-order valence-corrected chi connectivity index (χ4v) is 5.06. The van der Waals surface area contributed by atoms with E-state index in [0.29, 0.717) is 11.1 Å². The lowest BCUT2D eigenvalue weighted by molar-refractivity contribution is -0.121. The molecule has 1 unspecified atom stereocenters.